The van der Waals surface area contributed by atoms with Gasteiger partial charge in [0.1, 0.15) is 12.1 Å². The van der Waals surface area contributed by atoms with Crippen LogP contribution in [0.25, 0.3) is 10.9 Å². The number of carboxylic acid groups (broad SMARTS) is 1. The molecule has 2 aromatic heterocycles. The molecule has 35 heavy (non-hydrogen) atoms. The summed E-state index contributed by atoms with van der Waals surface area (Å²) in [6, 6.07) is 18.0. The predicted molar refractivity (Wildman–Crippen MR) is 132 cm³/mol. The number of amides is 2. The predicted octanol–water partition coefficient (Wildman–Crippen LogP) is 3.06. The molecule has 178 valence electrons. The Morgan fingerprint density at radius 2 is 1.66 bits per heavy atom. The van der Waals surface area contributed by atoms with Gasteiger partial charge in [-0.25, -0.2) is 4.79 Å². The van der Waals surface area contributed by atoms with Gasteiger partial charge in [0.2, 0.25) is 5.91 Å². The third kappa shape index (κ3) is 5.55. The van der Waals surface area contributed by atoms with Gasteiger partial charge in [0, 0.05) is 54.9 Å². The summed E-state index contributed by atoms with van der Waals surface area (Å²) in [6.45, 7) is 0. The number of nitrogens with zero attached hydrogens (tertiary/aromatic N) is 2. The maximum absolute atomic E-state index is 13.4. The second-order valence-electron chi connectivity index (χ2n) is 8.32. The summed E-state index contributed by atoms with van der Waals surface area (Å²) >= 11 is 0. The van der Waals surface area contributed by atoms with Crippen LogP contribution in [0.3, 0.4) is 0 Å². The first-order chi connectivity index (χ1) is 16.9. The number of aliphatic carboxylic acids is 1. The summed E-state index contributed by atoms with van der Waals surface area (Å²) in [5, 5.41) is 13.4. The van der Waals surface area contributed by atoms with Gasteiger partial charge in [0.05, 0.1) is 0 Å². The number of hydrogen-bond acceptors (Lipinski definition) is 4. The first-order valence-corrected chi connectivity index (χ1v) is 11.2. The average Bonchev–Trinajstić information content (AvgIpc) is 3.30. The van der Waals surface area contributed by atoms with E-state index in [2.05, 4.69) is 15.3 Å². The topological polar surface area (TPSA) is 115 Å². The number of carboxylic acids is 1. The van der Waals surface area contributed by atoms with E-state index in [0.717, 1.165) is 22.0 Å². The van der Waals surface area contributed by atoms with Gasteiger partial charge in [-0.1, -0.05) is 48.5 Å². The highest BCUT2D eigenvalue weighted by Crippen LogP contribution is 2.20. The maximum atomic E-state index is 13.4. The lowest BCUT2D eigenvalue weighted by Crippen LogP contribution is -2.53. The molecule has 0 radical (unpaired) electrons. The number of H-pyrrole nitrogens is 1. The number of likely N-dealkylation sites (N-methyl/N-ethyl adjacent to an activating group) is 1. The minimum Gasteiger partial charge on any atom is -0.480 e. The summed E-state index contributed by atoms with van der Waals surface area (Å²) in [5.74, 6) is -2.04. The first kappa shape index (κ1) is 23.7. The van der Waals surface area contributed by atoms with E-state index < -0.39 is 24.0 Å². The van der Waals surface area contributed by atoms with Crippen LogP contribution < -0.4 is 5.32 Å². The molecule has 2 heterocycles. The number of aromatic nitrogens is 2. The van der Waals surface area contributed by atoms with E-state index in [-0.39, 0.29) is 18.7 Å². The van der Waals surface area contributed by atoms with Crippen molar-refractivity contribution in [1.29, 1.82) is 0 Å². The van der Waals surface area contributed by atoms with Gasteiger partial charge < -0.3 is 20.3 Å². The lowest BCUT2D eigenvalue weighted by molar-refractivity contribution is -0.142. The molecule has 8 nitrogen and oxygen atoms in total. The van der Waals surface area contributed by atoms with Crippen LogP contribution in [0.2, 0.25) is 0 Å². The van der Waals surface area contributed by atoms with Gasteiger partial charge in [-0.2, -0.15) is 0 Å². The smallest absolute Gasteiger partial charge is 0.326 e. The third-order valence-electron chi connectivity index (χ3n) is 6.00. The Morgan fingerprint density at radius 1 is 0.971 bits per heavy atom. The fourth-order valence-electron chi connectivity index (χ4n) is 4.07. The molecule has 0 aliphatic heterocycles. The number of para-hydroxylation sites is 1. The molecule has 0 aliphatic carbocycles. The molecule has 0 spiro atoms. The number of nitrogens with one attached hydrogen (secondary N) is 2. The Labute approximate surface area is 202 Å². The van der Waals surface area contributed by atoms with Gasteiger partial charge in [-0.3, -0.25) is 14.6 Å². The van der Waals surface area contributed by atoms with Gasteiger partial charge in [0.15, 0.2) is 0 Å². The number of aromatic amines is 1. The van der Waals surface area contributed by atoms with Crippen molar-refractivity contribution in [2.24, 2.45) is 0 Å². The van der Waals surface area contributed by atoms with Gasteiger partial charge in [-0.05, 0) is 29.3 Å². The van der Waals surface area contributed by atoms with Crippen LogP contribution in [0.1, 0.15) is 21.5 Å². The number of pyridine rings is 1. The Morgan fingerprint density at radius 3 is 2.37 bits per heavy atom. The monoisotopic (exact) mass is 470 g/mol. The SMILES string of the molecule is CN(C(=O)c1ccncc1)[C@@H](Cc1ccccc1)C(=O)N[C@@H](Cc1c[nH]c2ccccc12)C(=O)O. The summed E-state index contributed by atoms with van der Waals surface area (Å²) in [6.07, 6.45) is 5.11. The van der Waals surface area contributed by atoms with Crippen molar-refractivity contribution in [3.63, 3.8) is 0 Å². The summed E-state index contributed by atoms with van der Waals surface area (Å²) in [5.41, 5.74) is 2.92. The molecule has 2 amide bonds. The molecule has 0 fully saturated rings. The van der Waals surface area contributed by atoms with Crippen LogP contribution in [0, 0.1) is 0 Å². The molecule has 0 saturated heterocycles. The molecule has 3 N–H and O–H groups in total. The lowest BCUT2D eigenvalue weighted by atomic mass is 10.0. The summed E-state index contributed by atoms with van der Waals surface area (Å²) < 4.78 is 0. The number of carbonyl (C=O) groups excluding carboxylic acids is 2. The maximum Gasteiger partial charge on any atom is 0.326 e. The minimum absolute atomic E-state index is 0.102. The standard InChI is InChI=1S/C27H26N4O4/c1-31(26(33)19-11-13-28-14-12-19)24(15-18-7-3-2-4-8-18)25(32)30-23(27(34)35)16-20-17-29-22-10-6-5-9-21(20)22/h2-14,17,23-24,29H,15-16H2,1H3,(H,30,32)(H,34,35)/t23-,24-/m0/s1. The Bertz CT molecular complexity index is 1320. The normalized spacial score (nSPS) is 12.6. The molecule has 4 rings (SSSR count). The quantitative estimate of drug-likeness (QED) is 0.348. The number of rotatable bonds is 9. The molecule has 2 atom stereocenters. The van der Waals surface area contributed by atoms with Gasteiger partial charge in [0.25, 0.3) is 5.91 Å². The molecule has 0 aliphatic rings. The molecular formula is C27H26N4O4. The highest BCUT2D eigenvalue weighted by Gasteiger charge is 2.31. The second kappa shape index (κ2) is 10.6. The van der Waals surface area contributed by atoms with E-state index in [4.69, 9.17) is 0 Å². The Kier molecular flexibility index (Phi) is 7.21. The van der Waals surface area contributed by atoms with E-state index in [1.54, 1.807) is 25.4 Å². The van der Waals surface area contributed by atoms with Crippen molar-refractivity contribution in [1.82, 2.24) is 20.2 Å². The Balaban J connectivity index is 1.58. The highest BCUT2D eigenvalue weighted by molar-refractivity contribution is 5.98. The fraction of sp³-hybridized carbons (Fsp3) is 0.185. The van der Waals surface area contributed by atoms with Gasteiger partial charge >= 0.3 is 5.97 Å². The van der Waals surface area contributed by atoms with Crippen LogP contribution in [-0.4, -0.2) is 56.9 Å². The molecule has 0 unspecified atom stereocenters. The van der Waals surface area contributed by atoms with Crippen LogP contribution >= 0.6 is 0 Å². The van der Waals surface area contributed by atoms with E-state index in [1.807, 2.05) is 54.6 Å². The van der Waals surface area contributed by atoms with Crippen LogP contribution in [0.15, 0.2) is 85.3 Å². The van der Waals surface area contributed by atoms with Crippen LogP contribution in [0.4, 0.5) is 0 Å². The van der Waals surface area contributed by atoms with Gasteiger partial charge in [-0.15, -0.1) is 0 Å². The number of fused-ring (bicyclic) bond motifs is 1. The van der Waals surface area contributed by atoms with E-state index in [1.165, 1.54) is 17.3 Å². The number of hydrogen-bond donors (Lipinski definition) is 3. The van der Waals surface area contributed by atoms with E-state index in [0.29, 0.717) is 5.56 Å². The molecule has 0 saturated carbocycles. The van der Waals surface area contributed by atoms with E-state index >= 15 is 0 Å². The largest absolute Gasteiger partial charge is 0.480 e. The zero-order valence-corrected chi connectivity index (χ0v) is 19.2. The second-order valence-corrected chi connectivity index (χ2v) is 8.32. The molecule has 8 heteroatoms. The first-order valence-electron chi connectivity index (χ1n) is 11.2. The molecule has 4 aromatic rings. The van der Waals surface area contributed by atoms with Crippen molar-refractivity contribution >= 4 is 28.7 Å². The van der Waals surface area contributed by atoms with Crippen LogP contribution in [0.5, 0.6) is 0 Å². The van der Waals surface area contributed by atoms with E-state index in [9.17, 15) is 19.5 Å². The van der Waals surface area contributed by atoms with Crippen molar-refractivity contribution in [3.05, 3.63) is 102 Å². The fourth-order valence-corrected chi connectivity index (χ4v) is 4.07. The average molecular weight is 471 g/mol. The molecule has 2 aromatic carbocycles. The summed E-state index contributed by atoms with van der Waals surface area (Å²) in [7, 11) is 1.55. The van der Waals surface area contributed by atoms with Crippen LogP contribution in [-0.2, 0) is 22.4 Å². The lowest BCUT2D eigenvalue weighted by Gasteiger charge is -2.29. The van der Waals surface area contributed by atoms with Crippen molar-refractivity contribution in [3.8, 4) is 0 Å². The number of benzene rings is 2. The minimum atomic E-state index is -1.16. The van der Waals surface area contributed by atoms with Crippen molar-refractivity contribution < 1.29 is 19.5 Å². The molecule has 0 bridgehead atoms. The number of carbonyl (C=O) groups is 3. The molecular weight excluding hydrogens is 444 g/mol. The Hall–Kier alpha value is -4.46. The van der Waals surface area contributed by atoms with Crippen molar-refractivity contribution in [2.45, 2.75) is 24.9 Å². The zero-order valence-electron chi connectivity index (χ0n) is 19.2. The third-order valence-corrected chi connectivity index (χ3v) is 6.00. The summed E-state index contributed by atoms with van der Waals surface area (Å²) in [4.78, 5) is 47.0. The van der Waals surface area contributed by atoms with Crippen molar-refractivity contribution in [2.75, 3.05) is 7.05 Å². The highest BCUT2D eigenvalue weighted by atomic mass is 16.4. The zero-order chi connectivity index (χ0) is 24.8.